The molecule has 0 saturated heterocycles. The van der Waals surface area contributed by atoms with E-state index in [0.717, 1.165) is 27.5 Å². The maximum atomic E-state index is 13.2. The molecule has 0 aliphatic heterocycles. The molecule has 0 bridgehead atoms. The number of primary sulfonamides is 1. The number of halogens is 1. The van der Waals surface area contributed by atoms with Crippen LogP contribution in [0.5, 0.6) is 0 Å². The summed E-state index contributed by atoms with van der Waals surface area (Å²) in [4.78, 5) is 7.67. The average molecular weight is 433 g/mol. The first kappa shape index (κ1) is 19.2. The van der Waals surface area contributed by atoms with E-state index in [1.165, 1.54) is 24.3 Å². The summed E-state index contributed by atoms with van der Waals surface area (Å²) in [6.07, 6.45) is 3.31. The number of hydrogen-bond donors (Lipinski definition) is 2. The molecule has 8 heteroatoms. The van der Waals surface area contributed by atoms with Crippen molar-refractivity contribution in [3.63, 3.8) is 0 Å². The van der Waals surface area contributed by atoms with Gasteiger partial charge in [-0.25, -0.2) is 22.9 Å². The van der Waals surface area contributed by atoms with Gasteiger partial charge in [0.05, 0.1) is 23.0 Å². The lowest BCUT2D eigenvalue weighted by Crippen LogP contribution is -2.11. The fourth-order valence-electron chi connectivity index (χ4n) is 3.47. The summed E-state index contributed by atoms with van der Waals surface area (Å²) >= 11 is 0. The zero-order chi connectivity index (χ0) is 21.6. The van der Waals surface area contributed by atoms with Crippen molar-refractivity contribution in [3.05, 3.63) is 85.0 Å². The number of imidazole rings is 1. The third kappa shape index (κ3) is 3.63. The Morgan fingerprint density at radius 2 is 1.58 bits per heavy atom. The largest absolute Gasteiger partial charge is 0.460 e. The van der Waals surface area contributed by atoms with Gasteiger partial charge in [-0.1, -0.05) is 30.3 Å². The maximum Gasteiger partial charge on any atom is 0.238 e. The van der Waals surface area contributed by atoms with E-state index in [1.54, 1.807) is 36.7 Å². The zero-order valence-electron chi connectivity index (χ0n) is 16.0. The molecule has 2 heterocycles. The molecule has 31 heavy (non-hydrogen) atoms. The molecule has 3 N–H and O–H groups in total. The van der Waals surface area contributed by atoms with E-state index in [9.17, 15) is 12.8 Å². The first-order valence-corrected chi connectivity index (χ1v) is 10.9. The molecule has 0 atom stereocenters. The van der Waals surface area contributed by atoms with Crippen LogP contribution in [0.1, 0.15) is 0 Å². The van der Waals surface area contributed by atoms with Crippen LogP contribution >= 0.6 is 0 Å². The van der Waals surface area contributed by atoms with Gasteiger partial charge in [-0.15, -0.1) is 0 Å². The van der Waals surface area contributed by atoms with Crippen molar-refractivity contribution in [3.8, 4) is 34.0 Å². The molecule has 0 unspecified atom stereocenters. The summed E-state index contributed by atoms with van der Waals surface area (Å²) in [5.74, 6) is 0.867. The highest BCUT2D eigenvalue weighted by atomic mass is 32.2. The van der Waals surface area contributed by atoms with Gasteiger partial charge in [-0.2, -0.15) is 0 Å². The molecule has 2 aromatic heterocycles. The number of H-pyrrole nitrogens is 1. The number of nitrogens with two attached hydrogens (primary N) is 1. The number of hydrogen-bond acceptors (Lipinski definition) is 4. The number of fused-ring (bicyclic) bond motifs is 1. The van der Waals surface area contributed by atoms with E-state index < -0.39 is 10.0 Å². The first-order valence-electron chi connectivity index (χ1n) is 9.34. The second kappa shape index (κ2) is 7.19. The summed E-state index contributed by atoms with van der Waals surface area (Å²) in [5, 5.41) is 6.93. The van der Waals surface area contributed by atoms with Gasteiger partial charge in [0.15, 0.2) is 11.6 Å². The minimum Gasteiger partial charge on any atom is -0.460 e. The second-order valence-electron chi connectivity index (χ2n) is 7.09. The Hall–Kier alpha value is -3.75. The van der Waals surface area contributed by atoms with Crippen LogP contribution in [0.25, 0.3) is 44.7 Å². The SMILES string of the molecule is NS(=O)(=O)c1ccc(-c2cnc(-c3occ4cc(-c5ccc(F)cc5)ccc34)[nH]2)cc1. The van der Waals surface area contributed by atoms with E-state index in [-0.39, 0.29) is 10.7 Å². The van der Waals surface area contributed by atoms with Crippen LogP contribution < -0.4 is 5.14 Å². The summed E-state index contributed by atoms with van der Waals surface area (Å²) in [6.45, 7) is 0. The number of nitrogens with zero attached hydrogens (tertiary/aromatic N) is 1. The third-order valence-corrected chi connectivity index (χ3v) is 5.99. The van der Waals surface area contributed by atoms with Crippen LogP contribution in [-0.2, 0) is 10.0 Å². The number of aromatic nitrogens is 2. The van der Waals surface area contributed by atoms with Crippen LogP contribution in [-0.4, -0.2) is 18.4 Å². The van der Waals surface area contributed by atoms with Crippen molar-refractivity contribution in [2.24, 2.45) is 5.14 Å². The normalized spacial score (nSPS) is 11.8. The minimum absolute atomic E-state index is 0.0463. The van der Waals surface area contributed by atoms with Crippen molar-refractivity contribution < 1.29 is 17.2 Å². The Kier molecular flexibility index (Phi) is 4.46. The van der Waals surface area contributed by atoms with Gasteiger partial charge < -0.3 is 9.40 Å². The lowest BCUT2D eigenvalue weighted by molar-refractivity contribution is 0.583. The molecule has 0 radical (unpaired) electrons. The van der Waals surface area contributed by atoms with E-state index in [1.807, 2.05) is 18.2 Å². The van der Waals surface area contributed by atoms with Crippen LogP contribution in [0.3, 0.4) is 0 Å². The lowest BCUT2D eigenvalue weighted by Gasteiger charge is -2.02. The van der Waals surface area contributed by atoms with E-state index in [2.05, 4.69) is 9.97 Å². The van der Waals surface area contributed by atoms with Crippen LogP contribution in [0, 0.1) is 5.82 Å². The first-order chi connectivity index (χ1) is 14.9. The number of aromatic amines is 1. The van der Waals surface area contributed by atoms with Crippen LogP contribution in [0.2, 0.25) is 0 Å². The highest BCUT2D eigenvalue weighted by Crippen LogP contribution is 2.33. The number of rotatable bonds is 4. The molecule has 0 spiro atoms. The van der Waals surface area contributed by atoms with E-state index >= 15 is 0 Å². The Labute approximate surface area is 177 Å². The van der Waals surface area contributed by atoms with Crippen molar-refractivity contribution in [1.29, 1.82) is 0 Å². The molecule has 0 saturated carbocycles. The Morgan fingerprint density at radius 3 is 2.29 bits per heavy atom. The molecule has 5 aromatic rings. The van der Waals surface area contributed by atoms with Crippen LogP contribution in [0.4, 0.5) is 4.39 Å². The lowest BCUT2D eigenvalue weighted by atomic mass is 10.0. The molecule has 6 nitrogen and oxygen atoms in total. The summed E-state index contributed by atoms with van der Waals surface area (Å²) in [7, 11) is -3.74. The molecule has 0 amide bonds. The quantitative estimate of drug-likeness (QED) is 0.419. The zero-order valence-corrected chi connectivity index (χ0v) is 16.9. The minimum atomic E-state index is -3.74. The number of sulfonamides is 1. The highest BCUT2D eigenvalue weighted by Gasteiger charge is 2.14. The number of furan rings is 1. The third-order valence-electron chi connectivity index (χ3n) is 5.06. The predicted octanol–water partition coefficient (Wildman–Crippen LogP) is 4.94. The Balaban J connectivity index is 1.48. The molecule has 0 aliphatic carbocycles. The molecule has 0 fully saturated rings. The molecular weight excluding hydrogens is 417 g/mol. The average Bonchev–Trinajstić information content (AvgIpc) is 3.40. The highest BCUT2D eigenvalue weighted by molar-refractivity contribution is 7.89. The molecule has 154 valence electrons. The number of benzene rings is 3. The van der Waals surface area contributed by atoms with Crippen molar-refractivity contribution >= 4 is 20.8 Å². The Morgan fingerprint density at radius 1 is 0.903 bits per heavy atom. The van der Waals surface area contributed by atoms with Gasteiger partial charge in [0.2, 0.25) is 10.0 Å². The standard InChI is InChI=1S/C23H16FN3O3S/c24-18-6-1-14(2-7-18)16-5-10-20-17(11-16)13-30-22(20)23-26-12-21(27-23)15-3-8-19(9-4-15)31(25,28)29/h1-13H,(H,26,27)(H2,25,28,29). The summed E-state index contributed by atoms with van der Waals surface area (Å²) < 4.78 is 41.8. The van der Waals surface area contributed by atoms with Gasteiger partial charge in [-0.05, 0) is 53.1 Å². The molecule has 3 aromatic carbocycles. The second-order valence-corrected chi connectivity index (χ2v) is 8.65. The van der Waals surface area contributed by atoms with Gasteiger partial charge in [0, 0.05) is 10.8 Å². The summed E-state index contributed by atoms with van der Waals surface area (Å²) in [6, 6.07) is 18.4. The van der Waals surface area contributed by atoms with Crippen molar-refractivity contribution in [2.45, 2.75) is 4.90 Å². The number of nitrogens with one attached hydrogen (secondary N) is 1. The Bertz CT molecular complexity index is 1500. The van der Waals surface area contributed by atoms with Gasteiger partial charge in [-0.3, -0.25) is 0 Å². The van der Waals surface area contributed by atoms with Crippen LogP contribution in [0.15, 0.2) is 88.5 Å². The molecular formula is C23H16FN3O3S. The van der Waals surface area contributed by atoms with Gasteiger partial charge in [0.25, 0.3) is 0 Å². The molecule has 0 aliphatic rings. The maximum absolute atomic E-state index is 13.2. The fraction of sp³-hybridized carbons (Fsp3) is 0. The van der Waals surface area contributed by atoms with E-state index in [4.69, 9.17) is 9.56 Å². The van der Waals surface area contributed by atoms with Crippen molar-refractivity contribution in [1.82, 2.24) is 9.97 Å². The monoisotopic (exact) mass is 433 g/mol. The predicted molar refractivity (Wildman–Crippen MR) is 116 cm³/mol. The smallest absolute Gasteiger partial charge is 0.238 e. The summed E-state index contributed by atoms with van der Waals surface area (Å²) in [5.41, 5.74) is 3.34. The molecule has 5 rings (SSSR count). The topological polar surface area (TPSA) is 102 Å². The fourth-order valence-corrected chi connectivity index (χ4v) is 3.98. The van der Waals surface area contributed by atoms with Crippen molar-refractivity contribution in [2.75, 3.05) is 0 Å². The van der Waals surface area contributed by atoms with Gasteiger partial charge in [0.1, 0.15) is 5.82 Å². The van der Waals surface area contributed by atoms with E-state index in [0.29, 0.717) is 17.3 Å². The van der Waals surface area contributed by atoms with Gasteiger partial charge >= 0.3 is 0 Å².